The first-order valence-electron chi connectivity index (χ1n) is 6.05. The molecule has 3 heteroatoms. The van der Waals surface area contributed by atoms with E-state index in [0.717, 1.165) is 37.1 Å². The number of rotatable bonds is 5. The lowest BCUT2D eigenvalue weighted by Crippen LogP contribution is -2.00. The molecule has 90 valence electrons. The molecule has 0 amide bonds. The second-order valence-corrected chi connectivity index (χ2v) is 4.15. The predicted octanol–water partition coefficient (Wildman–Crippen LogP) is 2.80. The maximum atomic E-state index is 5.55. The molecule has 0 radical (unpaired) electrons. The van der Waals surface area contributed by atoms with Gasteiger partial charge in [-0.3, -0.25) is 0 Å². The van der Waals surface area contributed by atoms with Crippen LogP contribution in [0.2, 0.25) is 0 Å². The van der Waals surface area contributed by atoms with Gasteiger partial charge in [-0.1, -0.05) is 13.0 Å². The zero-order valence-corrected chi connectivity index (χ0v) is 10.1. The summed E-state index contributed by atoms with van der Waals surface area (Å²) in [5.41, 5.74) is 9.30. The number of nitrogens with two attached hydrogens (primary N) is 1. The van der Waals surface area contributed by atoms with E-state index < -0.39 is 0 Å². The summed E-state index contributed by atoms with van der Waals surface area (Å²) in [6, 6.07) is 6.57. The van der Waals surface area contributed by atoms with Gasteiger partial charge in [0.25, 0.3) is 0 Å². The first kappa shape index (κ1) is 11.9. The summed E-state index contributed by atoms with van der Waals surface area (Å²) < 4.78 is 5.34. The molecule has 2 rings (SSSR count). The van der Waals surface area contributed by atoms with E-state index in [4.69, 9.17) is 10.2 Å². The van der Waals surface area contributed by atoms with E-state index >= 15 is 0 Å². The van der Waals surface area contributed by atoms with Gasteiger partial charge >= 0.3 is 0 Å². The number of aromatic nitrogens is 1. The Morgan fingerprint density at radius 3 is 2.71 bits per heavy atom. The monoisotopic (exact) mass is 230 g/mol. The minimum Gasteiger partial charge on any atom is -0.444 e. The Hall–Kier alpha value is -1.61. The smallest absolute Gasteiger partial charge is 0.181 e. The Labute approximate surface area is 102 Å². The zero-order valence-electron chi connectivity index (χ0n) is 10.1. The van der Waals surface area contributed by atoms with Crippen LogP contribution in [0.3, 0.4) is 0 Å². The van der Waals surface area contributed by atoms with Crippen molar-refractivity contribution < 1.29 is 4.42 Å². The van der Waals surface area contributed by atoms with Crippen LogP contribution in [0.1, 0.15) is 24.5 Å². The minimum absolute atomic E-state index is 0.730. The normalized spacial score (nSPS) is 10.7. The maximum absolute atomic E-state index is 5.55. The van der Waals surface area contributed by atoms with Crippen molar-refractivity contribution in [3.8, 4) is 11.3 Å². The molecular formula is C14H18N2O. The van der Waals surface area contributed by atoms with Crippen molar-refractivity contribution in [3.05, 3.63) is 41.9 Å². The fourth-order valence-corrected chi connectivity index (χ4v) is 1.92. The SMILES string of the molecule is CCc1cc(CCCN)cc(-c2cnco2)c1. The molecule has 0 saturated heterocycles. The average Bonchev–Trinajstić information content (AvgIpc) is 2.89. The van der Waals surface area contributed by atoms with Gasteiger partial charge in [-0.05, 0) is 49.1 Å². The molecule has 2 N–H and O–H groups in total. The van der Waals surface area contributed by atoms with Crippen LogP contribution in [0.4, 0.5) is 0 Å². The number of oxazole rings is 1. The molecule has 0 aliphatic heterocycles. The molecule has 0 saturated carbocycles. The Balaban J connectivity index is 2.32. The maximum Gasteiger partial charge on any atom is 0.181 e. The van der Waals surface area contributed by atoms with Crippen LogP contribution in [0.5, 0.6) is 0 Å². The average molecular weight is 230 g/mol. The van der Waals surface area contributed by atoms with Gasteiger partial charge in [0.15, 0.2) is 12.2 Å². The number of aryl methyl sites for hydroxylation is 2. The molecule has 0 fully saturated rings. The van der Waals surface area contributed by atoms with Crippen LogP contribution in [0.25, 0.3) is 11.3 Å². The lowest BCUT2D eigenvalue weighted by Gasteiger charge is -2.06. The van der Waals surface area contributed by atoms with Crippen LogP contribution >= 0.6 is 0 Å². The van der Waals surface area contributed by atoms with Crippen molar-refractivity contribution in [3.63, 3.8) is 0 Å². The molecule has 2 aromatic rings. The summed E-state index contributed by atoms with van der Waals surface area (Å²) in [5, 5.41) is 0. The molecule has 3 nitrogen and oxygen atoms in total. The van der Waals surface area contributed by atoms with Gasteiger partial charge in [0, 0.05) is 5.56 Å². The third-order valence-electron chi connectivity index (χ3n) is 2.85. The Morgan fingerprint density at radius 1 is 1.24 bits per heavy atom. The highest BCUT2D eigenvalue weighted by atomic mass is 16.3. The van der Waals surface area contributed by atoms with E-state index in [1.165, 1.54) is 17.5 Å². The molecule has 1 aromatic carbocycles. The zero-order chi connectivity index (χ0) is 12.1. The van der Waals surface area contributed by atoms with E-state index in [0.29, 0.717) is 0 Å². The van der Waals surface area contributed by atoms with Gasteiger partial charge in [0.1, 0.15) is 0 Å². The Kier molecular flexibility index (Phi) is 3.94. The Bertz CT molecular complexity index is 463. The van der Waals surface area contributed by atoms with Gasteiger partial charge < -0.3 is 10.2 Å². The van der Waals surface area contributed by atoms with E-state index in [1.807, 2.05) is 0 Å². The van der Waals surface area contributed by atoms with E-state index in [9.17, 15) is 0 Å². The quantitative estimate of drug-likeness (QED) is 0.859. The lowest BCUT2D eigenvalue weighted by atomic mass is 10.00. The van der Waals surface area contributed by atoms with Crippen molar-refractivity contribution in [1.82, 2.24) is 4.98 Å². The Morgan fingerprint density at radius 2 is 2.06 bits per heavy atom. The fourth-order valence-electron chi connectivity index (χ4n) is 1.92. The van der Waals surface area contributed by atoms with Crippen molar-refractivity contribution in [2.45, 2.75) is 26.2 Å². The molecule has 0 aliphatic carbocycles. The molecule has 0 unspecified atom stereocenters. The fraction of sp³-hybridized carbons (Fsp3) is 0.357. The van der Waals surface area contributed by atoms with E-state index in [2.05, 4.69) is 30.1 Å². The first-order chi connectivity index (χ1) is 8.33. The van der Waals surface area contributed by atoms with Gasteiger partial charge in [-0.25, -0.2) is 4.98 Å². The van der Waals surface area contributed by atoms with Gasteiger partial charge in [0.05, 0.1) is 6.20 Å². The summed E-state index contributed by atoms with van der Waals surface area (Å²) in [4.78, 5) is 3.96. The topological polar surface area (TPSA) is 52.0 Å². The first-order valence-corrected chi connectivity index (χ1v) is 6.05. The molecule has 1 aromatic heterocycles. The predicted molar refractivity (Wildman–Crippen MR) is 68.7 cm³/mol. The van der Waals surface area contributed by atoms with Gasteiger partial charge in [-0.15, -0.1) is 0 Å². The lowest BCUT2D eigenvalue weighted by molar-refractivity contribution is 0.572. The van der Waals surface area contributed by atoms with Crippen LogP contribution in [-0.2, 0) is 12.8 Å². The molecule has 1 heterocycles. The van der Waals surface area contributed by atoms with Crippen molar-refractivity contribution in [2.24, 2.45) is 5.73 Å². The van der Waals surface area contributed by atoms with Crippen LogP contribution in [-0.4, -0.2) is 11.5 Å². The summed E-state index contributed by atoms with van der Waals surface area (Å²) in [6.07, 6.45) is 6.28. The number of benzene rings is 1. The largest absolute Gasteiger partial charge is 0.444 e. The van der Waals surface area contributed by atoms with Crippen molar-refractivity contribution >= 4 is 0 Å². The van der Waals surface area contributed by atoms with Gasteiger partial charge in [0.2, 0.25) is 0 Å². The number of hydrogen-bond donors (Lipinski definition) is 1. The van der Waals surface area contributed by atoms with Crippen LogP contribution in [0, 0.1) is 0 Å². The molecule has 0 bridgehead atoms. The highest BCUT2D eigenvalue weighted by molar-refractivity contribution is 5.58. The van der Waals surface area contributed by atoms with Crippen molar-refractivity contribution in [1.29, 1.82) is 0 Å². The molecule has 0 atom stereocenters. The minimum atomic E-state index is 0.730. The highest BCUT2D eigenvalue weighted by Gasteiger charge is 2.05. The summed E-state index contributed by atoms with van der Waals surface area (Å²) >= 11 is 0. The third kappa shape index (κ3) is 2.94. The standard InChI is InChI=1S/C14H18N2O/c1-2-11-6-12(4-3-5-15)8-13(7-11)14-9-16-10-17-14/h6-10H,2-5,15H2,1H3. The molecular weight excluding hydrogens is 212 g/mol. The third-order valence-corrected chi connectivity index (χ3v) is 2.85. The molecule has 0 aliphatic rings. The molecule has 0 spiro atoms. The van der Waals surface area contributed by atoms with Crippen LogP contribution < -0.4 is 5.73 Å². The second kappa shape index (κ2) is 5.64. The van der Waals surface area contributed by atoms with Crippen molar-refractivity contribution in [2.75, 3.05) is 6.54 Å². The van der Waals surface area contributed by atoms with E-state index in [-0.39, 0.29) is 0 Å². The highest BCUT2D eigenvalue weighted by Crippen LogP contribution is 2.23. The summed E-state index contributed by atoms with van der Waals surface area (Å²) in [6.45, 7) is 2.89. The number of nitrogens with zero attached hydrogens (tertiary/aromatic N) is 1. The summed E-state index contributed by atoms with van der Waals surface area (Å²) in [5.74, 6) is 0.828. The summed E-state index contributed by atoms with van der Waals surface area (Å²) in [7, 11) is 0. The van der Waals surface area contributed by atoms with Crippen LogP contribution in [0.15, 0.2) is 35.2 Å². The number of hydrogen-bond acceptors (Lipinski definition) is 3. The van der Waals surface area contributed by atoms with E-state index in [1.54, 1.807) is 6.20 Å². The molecule has 17 heavy (non-hydrogen) atoms. The van der Waals surface area contributed by atoms with Gasteiger partial charge in [-0.2, -0.15) is 0 Å². The second-order valence-electron chi connectivity index (χ2n) is 4.15.